The van der Waals surface area contributed by atoms with Crippen LogP contribution in [-0.2, 0) is 10.7 Å². The first-order valence-corrected chi connectivity index (χ1v) is 4.02. The molecule has 0 aromatic heterocycles. The largest absolute Gasteiger partial charge is 0.506 e. The Labute approximate surface area is 65.2 Å². The van der Waals surface area contributed by atoms with Crippen molar-refractivity contribution in [1.29, 1.82) is 0 Å². The Balaban J connectivity index is 3.39. The number of anilines is 1. The molecule has 0 aliphatic heterocycles. The lowest BCUT2D eigenvalue weighted by Gasteiger charge is -1.98. The number of phenols is 1. The third kappa shape index (κ3) is 1.43. The van der Waals surface area contributed by atoms with Gasteiger partial charge in [0.15, 0.2) is 10.7 Å². The average molecular weight is 173 g/mol. The summed E-state index contributed by atoms with van der Waals surface area (Å²) < 4.78 is 20.8. The Bertz CT molecular complexity index is 338. The molecule has 60 valence electrons. The predicted molar refractivity (Wildman–Crippen MR) is 41.1 cm³/mol. The Morgan fingerprint density at radius 1 is 1.36 bits per heavy atom. The summed E-state index contributed by atoms with van der Waals surface area (Å²) in [5.74, 6) is -0.207. The van der Waals surface area contributed by atoms with E-state index in [1.165, 1.54) is 18.2 Å². The topological polar surface area (TPSA) is 80.4 Å². The van der Waals surface area contributed by atoms with Crippen molar-refractivity contribution in [3.05, 3.63) is 18.2 Å². The quantitative estimate of drug-likeness (QED) is 0.316. The zero-order chi connectivity index (χ0) is 8.43. The van der Waals surface area contributed by atoms with Gasteiger partial charge in [0.25, 0.3) is 0 Å². The molecule has 0 unspecified atom stereocenters. The van der Waals surface area contributed by atoms with Crippen LogP contribution in [0, 0.1) is 0 Å². The van der Waals surface area contributed by atoms with Gasteiger partial charge in [0.2, 0.25) is 0 Å². The highest BCUT2D eigenvalue weighted by atomic mass is 32.2. The zero-order valence-electron chi connectivity index (χ0n) is 5.52. The van der Waals surface area contributed by atoms with Crippen molar-refractivity contribution in [2.75, 3.05) is 5.73 Å². The molecule has 0 aliphatic carbocycles. The first-order chi connectivity index (χ1) is 5.13. The van der Waals surface area contributed by atoms with Crippen LogP contribution in [-0.4, -0.2) is 13.5 Å². The van der Waals surface area contributed by atoms with E-state index in [-0.39, 0.29) is 16.3 Å². The Kier molecular flexibility index (Phi) is 2.00. The van der Waals surface area contributed by atoms with E-state index in [1.807, 2.05) is 0 Å². The van der Waals surface area contributed by atoms with Crippen molar-refractivity contribution >= 4 is 16.4 Å². The van der Waals surface area contributed by atoms with Crippen molar-refractivity contribution in [2.45, 2.75) is 4.90 Å². The molecule has 1 aromatic rings. The number of phenolic OH excluding ortho intramolecular Hbond substituents is 1. The highest BCUT2D eigenvalue weighted by molar-refractivity contribution is 7.72. The summed E-state index contributed by atoms with van der Waals surface area (Å²) in [5, 5.41) is 8.96. The van der Waals surface area contributed by atoms with Crippen LogP contribution in [0.2, 0.25) is 0 Å². The second kappa shape index (κ2) is 2.79. The predicted octanol–water partition coefficient (Wildman–Crippen LogP) is -0.0553. The minimum absolute atomic E-state index is 0.0417. The van der Waals surface area contributed by atoms with Crippen LogP contribution in [0.4, 0.5) is 5.69 Å². The van der Waals surface area contributed by atoms with Gasteiger partial charge in [-0.15, -0.1) is 0 Å². The van der Waals surface area contributed by atoms with Gasteiger partial charge in [0, 0.05) is 0 Å². The van der Waals surface area contributed by atoms with Gasteiger partial charge in [-0.3, -0.25) is 0 Å². The molecule has 0 radical (unpaired) electrons. The van der Waals surface area contributed by atoms with E-state index in [0.717, 1.165) is 0 Å². The van der Waals surface area contributed by atoms with Crippen molar-refractivity contribution in [3.63, 3.8) is 0 Å². The van der Waals surface area contributed by atoms with E-state index in [0.29, 0.717) is 0 Å². The fraction of sp³-hybridized carbons (Fsp3) is 0. The number of hydrogen-bond acceptors (Lipinski definition) is 4. The summed E-state index contributed by atoms with van der Waals surface area (Å²) in [6, 6.07) is 4.09. The van der Waals surface area contributed by atoms with Gasteiger partial charge in [0.1, 0.15) is 5.75 Å². The number of benzene rings is 1. The molecule has 5 heteroatoms. The monoisotopic (exact) mass is 173 g/mol. The van der Waals surface area contributed by atoms with Crippen LogP contribution >= 0.6 is 0 Å². The molecule has 0 fully saturated rings. The highest BCUT2D eigenvalue weighted by Crippen LogP contribution is 2.23. The highest BCUT2D eigenvalue weighted by Gasteiger charge is 2.03. The molecule has 11 heavy (non-hydrogen) atoms. The van der Waals surface area contributed by atoms with Gasteiger partial charge in [-0.2, -0.15) is 0 Å². The zero-order valence-corrected chi connectivity index (χ0v) is 6.41. The van der Waals surface area contributed by atoms with Gasteiger partial charge in [-0.25, -0.2) is 8.42 Å². The molecule has 0 amide bonds. The molecular weight excluding hydrogens is 166 g/mol. The number of hydrogen-bond donors (Lipinski definition) is 3. The summed E-state index contributed by atoms with van der Waals surface area (Å²) >= 11 is 0. The number of para-hydroxylation sites is 1. The summed E-state index contributed by atoms with van der Waals surface area (Å²) in [5.41, 5.74) is 5.16. The molecule has 0 atom stereocenters. The van der Waals surface area contributed by atoms with E-state index in [1.54, 1.807) is 0 Å². The van der Waals surface area contributed by atoms with Gasteiger partial charge in [0.05, 0.1) is 10.6 Å². The molecule has 4 nitrogen and oxygen atoms in total. The lowest BCUT2D eigenvalue weighted by Crippen LogP contribution is -1.91. The normalized spacial score (nSPS) is 10.3. The van der Waals surface area contributed by atoms with E-state index >= 15 is 0 Å². The minimum atomic E-state index is -2.72. The van der Waals surface area contributed by atoms with Crippen LogP contribution in [0.15, 0.2) is 23.1 Å². The van der Waals surface area contributed by atoms with Gasteiger partial charge in [-0.05, 0) is 12.1 Å². The van der Waals surface area contributed by atoms with E-state index in [4.69, 9.17) is 10.8 Å². The fourth-order valence-electron chi connectivity index (χ4n) is 0.700. The average Bonchev–Trinajstić information content (AvgIpc) is 1.94. The molecule has 0 heterocycles. The third-order valence-corrected chi connectivity index (χ3v) is 2.04. The molecule has 3 N–H and O–H groups in total. The standard InChI is InChI=1S/C6H7NO3S/c7-6-4(8)2-1-3-5(6)11(9)10/h1-3,8,11H,7H2. The molecule has 0 aliphatic rings. The summed E-state index contributed by atoms with van der Waals surface area (Å²) in [6.07, 6.45) is 0. The smallest absolute Gasteiger partial charge is 0.170 e. The van der Waals surface area contributed by atoms with Crippen LogP contribution in [0.3, 0.4) is 0 Å². The number of nitrogen functional groups attached to an aromatic ring is 1. The molecular formula is C6H7NO3S. The summed E-state index contributed by atoms with van der Waals surface area (Å²) in [7, 11) is -2.72. The van der Waals surface area contributed by atoms with Crippen molar-refractivity contribution in [1.82, 2.24) is 0 Å². The lowest BCUT2D eigenvalue weighted by molar-refractivity contribution is 0.476. The van der Waals surface area contributed by atoms with E-state index in [2.05, 4.69) is 0 Å². The van der Waals surface area contributed by atoms with Crippen molar-refractivity contribution in [3.8, 4) is 5.75 Å². The molecule has 0 spiro atoms. The van der Waals surface area contributed by atoms with Gasteiger partial charge >= 0.3 is 0 Å². The fourth-order valence-corrected chi connectivity index (χ4v) is 1.22. The van der Waals surface area contributed by atoms with E-state index < -0.39 is 10.7 Å². The Morgan fingerprint density at radius 3 is 2.45 bits per heavy atom. The maximum atomic E-state index is 10.4. The Hall–Kier alpha value is -1.23. The SMILES string of the molecule is Nc1c(O)cccc1[SH](=O)=O. The molecule has 0 saturated heterocycles. The number of thiol groups is 1. The van der Waals surface area contributed by atoms with Gasteiger partial charge in [-0.1, -0.05) is 6.07 Å². The second-order valence-corrected chi connectivity index (χ2v) is 2.96. The Morgan fingerprint density at radius 2 is 2.00 bits per heavy atom. The van der Waals surface area contributed by atoms with Crippen molar-refractivity contribution < 1.29 is 13.5 Å². The third-order valence-electron chi connectivity index (χ3n) is 1.26. The van der Waals surface area contributed by atoms with E-state index in [9.17, 15) is 8.42 Å². The van der Waals surface area contributed by atoms with Crippen LogP contribution in [0.25, 0.3) is 0 Å². The minimum Gasteiger partial charge on any atom is -0.506 e. The number of rotatable bonds is 1. The maximum Gasteiger partial charge on any atom is 0.170 e. The number of nitrogens with two attached hydrogens (primary N) is 1. The lowest BCUT2D eigenvalue weighted by atomic mass is 10.3. The molecule has 0 bridgehead atoms. The maximum absolute atomic E-state index is 10.4. The van der Waals surface area contributed by atoms with Crippen LogP contribution in [0.1, 0.15) is 0 Å². The summed E-state index contributed by atoms with van der Waals surface area (Å²) in [4.78, 5) is -0.0417. The summed E-state index contributed by atoms with van der Waals surface area (Å²) in [6.45, 7) is 0. The van der Waals surface area contributed by atoms with Gasteiger partial charge < -0.3 is 10.8 Å². The molecule has 0 saturated carbocycles. The number of aromatic hydroxyl groups is 1. The second-order valence-electron chi connectivity index (χ2n) is 1.97. The van der Waals surface area contributed by atoms with Crippen LogP contribution in [0.5, 0.6) is 5.75 Å². The first-order valence-electron chi connectivity index (χ1n) is 2.85. The van der Waals surface area contributed by atoms with Crippen molar-refractivity contribution in [2.24, 2.45) is 0 Å². The first kappa shape index (κ1) is 7.87. The molecule has 1 rings (SSSR count). The van der Waals surface area contributed by atoms with Crippen LogP contribution < -0.4 is 5.73 Å². The molecule has 1 aromatic carbocycles.